The fraction of sp³-hybridized carbons (Fsp3) is 0.538. The highest BCUT2D eigenvalue weighted by Gasteiger charge is 2.26. The van der Waals surface area contributed by atoms with Gasteiger partial charge in [0.2, 0.25) is 10.0 Å². The van der Waals surface area contributed by atoms with Gasteiger partial charge in [0.05, 0.1) is 6.26 Å². The SMILES string of the molecule is CC(CCCC(F)(F)F)Nc1ccc(NS(C)(=O)=O)cc1. The van der Waals surface area contributed by atoms with Gasteiger partial charge in [-0.2, -0.15) is 13.2 Å². The Morgan fingerprint density at radius 1 is 1.14 bits per heavy atom. The van der Waals surface area contributed by atoms with Crippen molar-refractivity contribution in [2.24, 2.45) is 0 Å². The predicted molar refractivity (Wildman–Crippen MR) is 77.9 cm³/mol. The van der Waals surface area contributed by atoms with Gasteiger partial charge in [-0.25, -0.2) is 8.42 Å². The molecule has 1 aromatic rings. The summed E-state index contributed by atoms with van der Waals surface area (Å²) in [5.74, 6) is 0. The highest BCUT2D eigenvalue weighted by Crippen LogP contribution is 2.23. The molecule has 0 bridgehead atoms. The van der Waals surface area contributed by atoms with Crippen molar-refractivity contribution in [2.45, 2.75) is 38.4 Å². The van der Waals surface area contributed by atoms with Crippen LogP contribution in [0.3, 0.4) is 0 Å². The molecule has 0 aliphatic heterocycles. The zero-order chi connectivity index (χ0) is 16.1. The van der Waals surface area contributed by atoms with E-state index in [1.807, 2.05) is 0 Å². The standard InChI is InChI=1S/C13H19F3N2O2S/c1-10(4-3-9-13(14,15)16)17-11-5-7-12(8-6-11)18-21(2,19)20/h5-8,10,17-18H,3-4,9H2,1-2H3. The van der Waals surface area contributed by atoms with E-state index in [2.05, 4.69) is 10.0 Å². The van der Waals surface area contributed by atoms with Crippen LogP contribution in [0.15, 0.2) is 24.3 Å². The van der Waals surface area contributed by atoms with Crippen LogP contribution in [0.4, 0.5) is 24.5 Å². The predicted octanol–water partition coefficient (Wildman–Crippen LogP) is 3.59. The lowest BCUT2D eigenvalue weighted by Gasteiger charge is -2.16. The minimum absolute atomic E-state index is 0.0748. The summed E-state index contributed by atoms with van der Waals surface area (Å²) in [7, 11) is -3.32. The average Bonchev–Trinajstić information content (AvgIpc) is 2.28. The summed E-state index contributed by atoms with van der Waals surface area (Å²) in [6.45, 7) is 1.80. The molecule has 120 valence electrons. The maximum atomic E-state index is 12.0. The topological polar surface area (TPSA) is 58.2 Å². The molecular weight excluding hydrogens is 305 g/mol. The van der Waals surface area contributed by atoms with Gasteiger partial charge in [-0.1, -0.05) is 0 Å². The van der Waals surface area contributed by atoms with Crippen molar-refractivity contribution in [3.05, 3.63) is 24.3 Å². The molecule has 0 saturated carbocycles. The number of halogens is 3. The Hall–Kier alpha value is -1.44. The van der Waals surface area contributed by atoms with Gasteiger partial charge < -0.3 is 5.32 Å². The molecule has 1 atom stereocenters. The van der Waals surface area contributed by atoms with Gasteiger partial charge >= 0.3 is 6.18 Å². The Bertz CT molecular complexity index is 542. The van der Waals surface area contributed by atoms with Crippen LogP contribution < -0.4 is 10.0 Å². The number of hydrogen-bond acceptors (Lipinski definition) is 3. The quantitative estimate of drug-likeness (QED) is 0.806. The summed E-state index contributed by atoms with van der Waals surface area (Å²) >= 11 is 0. The molecule has 0 spiro atoms. The van der Waals surface area contributed by atoms with Crippen molar-refractivity contribution in [3.63, 3.8) is 0 Å². The van der Waals surface area contributed by atoms with Gasteiger partial charge in [-0.05, 0) is 44.0 Å². The maximum absolute atomic E-state index is 12.0. The molecule has 0 heterocycles. The van der Waals surface area contributed by atoms with E-state index in [0.717, 1.165) is 11.9 Å². The summed E-state index contributed by atoms with van der Waals surface area (Å²) in [5.41, 5.74) is 1.17. The number of hydrogen-bond donors (Lipinski definition) is 2. The van der Waals surface area contributed by atoms with E-state index >= 15 is 0 Å². The van der Waals surface area contributed by atoms with Crippen molar-refractivity contribution in [1.82, 2.24) is 0 Å². The third kappa shape index (κ3) is 8.44. The summed E-state index contributed by atoms with van der Waals surface area (Å²) in [5, 5.41) is 3.07. The molecule has 1 unspecified atom stereocenters. The number of benzene rings is 1. The van der Waals surface area contributed by atoms with Crippen molar-refractivity contribution in [2.75, 3.05) is 16.3 Å². The number of anilines is 2. The van der Waals surface area contributed by atoms with E-state index in [1.165, 1.54) is 0 Å². The fourth-order valence-corrected chi connectivity index (χ4v) is 2.38. The zero-order valence-electron chi connectivity index (χ0n) is 11.9. The molecule has 0 radical (unpaired) electrons. The van der Waals surface area contributed by atoms with Crippen LogP contribution in [0, 0.1) is 0 Å². The molecule has 0 aliphatic carbocycles. The molecule has 21 heavy (non-hydrogen) atoms. The first-order valence-electron chi connectivity index (χ1n) is 6.46. The summed E-state index contributed by atoms with van der Waals surface area (Å²) in [6.07, 6.45) is -3.36. The van der Waals surface area contributed by atoms with Crippen molar-refractivity contribution in [3.8, 4) is 0 Å². The summed E-state index contributed by atoms with van der Waals surface area (Å²) < 4.78 is 60.5. The van der Waals surface area contributed by atoms with E-state index in [9.17, 15) is 21.6 Å². The van der Waals surface area contributed by atoms with Crippen molar-refractivity contribution >= 4 is 21.4 Å². The Morgan fingerprint density at radius 3 is 2.14 bits per heavy atom. The van der Waals surface area contributed by atoms with Gasteiger partial charge in [-0.15, -0.1) is 0 Å². The minimum Gasteiger partial charge on any atom is -0.383 e. The average molecular weight is 324 g/mol. The van der Waals surface area contributed by atoms with E-state index in [1.54, 1.807) is 31.2 Å². The van der Waals surface area contributed by atoms with Gasteiger partial charge in [0, 0.05) is 23.8 Å². The van der Waals surface area contributed by atoms with Gasteiger partial charge in [-0.3, -0.25) is 4.72 Å². The largest absolute Gasteiger partial charge is 0.389 e. The van der Waals surface area contributed by atoms with Crippen LogP contribution in [-0.4, -0.2) is 26.9 Å². The van der Waals surface area contributed by atoms with Gasteiger partial charge in [0.15, 0.2) is 0 Å². The zero-order valence-corrected chi connectivity index (χ0v) is 12.7. The molecule has 0 saturated heterocycles. The van der Waals surface area contributed by atoms with Crippen LogP contribution in [-0.2, 0) is 10.0 Å². The monoisotopic (exact) mass is 324 g/mol. The molecule has 0 fully saturated rings. The molecule has 0 amide bonds. The van der Waals surface area contributed by atoms with Crippen LogP contribution in [0.1, 0.15) is 26.2 Å². The number of sulfonamides is 1. The first-order chi connectivity index (χ1) is 9.55. The second-order valence-electron chi connectivity index (χ2n) is 5.00. The lowest BCUT2D eigenvalue weighted by Crippen LogP contribution is -2.16. The second kappa shape index (κ2) is 7.02. The Balaban J connectivity index is 2.44. The number of nitrogens with one attached hydrogen (secondary N) is 2. The number of alkyl halides is 3. The lowest BCUT2D eigenvalue weighted by molar-refractivity contribution is -0.135. The highest BCUT2D eigenvalue weighted by atomic mass is 32.2. The molecule has 4 nitrogen and oxygen atoms in total. The third-order valence-corrected chi connectivity index (χ3v) is 3.31. The van der Waals surface area contributed by atoms with E-state index in [4.69, 9.17) is 0 Å². The summed E-state index contributed by atoms with van der Waals surface area (Å²) in [6, 6.07) is 6.43. The Kier molecular flexibility index (Phi) is 5.88. The fourth-order valence-electron chi connectivity index (χ4n) is 1.81. The van der Waals surface area contributed by atoms with Crippen LogP contribution in [0.5, 0.6) is 0 Å². The van der Waals surface area contributed by atoms with E-state index in [-0.39, 0.29) is 12.5 Å². The molecule has 0 aromatic heterocycles. The van der Waals surface area contributed by atoms with E-state index < -0.39 is 22.6 Å². The Labute approximate surface area is 122 Å². The molecule has 1 aromatic carbocycles. The lowest BCUT2D eigenvalue weighted by atomic mass is 10.1. The van der Waals surface area contributed by atoms with Crippen molar-refractivity contribution < 1.29 is 21.6 Å². The number of rotatable bonds is 7. The van der Waals surface area contributed by atoms with Crippen molar-refractivity contribution in [1.29, 1.82) is 0 Å². The van der Waals surface area contributed by atoms with Gasteiger partial charge in [0.25, 0.3) is 0 Å². The molecule has 8 heteroatoms. The Morgan fingerprint density at radius 2 is 1.67 bits per heavy atom. The normalized spacial score (nSPS) is 13.8. The molecule has 2 N–H and O–H groups in total. The van der Waals surface area contributed by atoms with E-state index in [0.29, 0.717) is 12.1 Å². The second-order valence-corrected chi connectivity index (χ2v) is 6.75. The van der Waals surface area contributed by atoms with Crippen LogP contribution in [0.2, 0.25) is 0 Å². The highest BCUT2D eigenvalue weighted by molar-refractivity contribution is 7.92. The third-order valence-electron chi connectivity index (χ3n) is 2.70. The molecular formula is C13H19F3N2O2S. The maximum Gasteiger partial charge on any atom is 0.389 e. The first-order valence-corrected chi connectivity index (χ1v) is 8.35. The first kappa shape index (κ1) is 17.6. The minimum atomic E-state index is -4.11. The molecule has 0 aliphatic rings. The molecule has 1 rings (SSSR count). The van der Waals surface area contributed by atoms with Crippen LogP contribution in [0.25, 0.3) is 0 Å². The summed E-state index contributed by atoms with van der Waals surface area (Å²) in [4.78, 5) is 0. The van der Waals surface area contributed by atoms with Gasteiger partial charge in [0.1, 0.15) is 0 Å². The van der Waals surface area contributed by atoms with Crippen LogP contribution >= 0.6 is 0 Å². The smallest absolute Gasteiger partial charge is 0.383 e.